The fourth-order valence-electron chi connectivity index (χ4n) is 5.57. The van der Waals surface area contributed by atoms with Gasteiger partial charge < -0.3 is 25.0 Å². The highest BCUT2D eigenvalue weighted by atomic mass is 16.3. The second-order valence-electron chi connectivity index (χ2n) is 10.7. The fraction of sp³-hybridized carbons (Fsp3) is 0.741. The third-order valence-corrected chi connectivity index (χ3v) is 7.50. The Bertz CT molecular complexity index is 927. The van der Waals surface area contributed by atoms with Crippen molar-refractivity contribution >= 4 is 11.8 Å². The van der Waals surface area contributed by atoms with Crippen LogP contribution in [0, 0.1) is 5.92 Å². The fourth-order valence-corrected chi connectivity index (χ4v) is 5.57. The molecule has 2 amide bonds. The van der Waals surface area contributed by atoms with Gasteiger partial charge in [-0.2, -0.15) is 0 Å². The van der Waals surface area contributed by atoms with Gasteiger partial charge in [-0.25, -0.2) is 0 Å². The minimum absolute atomic E-state index is 0.0612. The number of carbonyl (C=O) groups excluding carboxylic acids is 2. The quantitative estimate of drug-likeness (QED) is 0.493. The number of fused-ring (bicyclic) bond motifs is 1. The first kappa shape index (κ1) is 27.4. The number of aliphatic hydroxyl groups is 2. The molecule has 8 nitrogen and oxygen atoms in total. The molecule has 1 aromatic rings. The standard InChI is InChI=1S/C27H43N3O5/c1-27(2,26(35)29(14-16-31)15-17-32)28-24(33)22-18-21-12-8-3-4-9-13-23(21)30(25(22)34)19-20-10-6-5-7-11-20/h18,20,31-32H,3-17,19H2,1-2H3,(H,28,33). The monoisotopic (exact) mass is 489 g/mol. The number of pyridine rings is 1. The molecule has 0 atom stereocenters. The average Bonchev–Trinajstić information content (AvgIpc) is 2.81. The average molecular weight is 490 g/mol. The van der Waals surface area contributed by atoms with Gasteiger partial charge >= 0.3 is 0 Å². The lowest BCUT2D eigenvalue weighted by atomic mass is 9.88. The first-order valence-electron chi connectivity index (χ1n) is 13.4. The van der Waals surface area contributed by atoms with Gasteiger partial charge in [-0.3, -0.25) is 14.4 Å². The number of nitrogens with zero attached hydrogens (tertiary/aromatic N) is 2. The molecule has 0 spiro atoms. The van der Waals surface area contributed by atoms with Crippen molar-refractivity contribution in [1.82, 2.24) is 14.8 Å². The molecule has 0 aliphatic heterocycles. The molecule has 0 radical (unpaired) electrons. The van der Waals surface area contributed by atoms with Crippen LogP contribution in [0.2, 0.25) is 0 Å². The van der Waals surface area contributed by atoms with E-state index in [0.717, 1.165) is 62.6 Å². The zero-order valence-corrected chi connectivity index (χ0v) is 21.5. The summed E-state index contributed by atoms with van der Waals surface area (Å²) in [5.74, 6) is -0.510. The third-order valence-electron chi connectivity index (χ3n) is 7.50. The van der Waals surface area contributed by atoms with Gasteiger partial charge in [0.05, 0.1) is 13.2 Å². The molecule has 0 saturated heterocycles. The number of hydrogen-bond acceptors (Lipinski definition) is 5. The maximum Gasteiger partial charge on any atom is 0.263 e. The predicted octanol–water partition coefficient (Wildman–Crippen LogP) is 2.41. The lowest BCUT2D eigenvalue weighted by Gasteiger charge is -2.32. The summed E-state index contributed by atoms with van der Waals surface area (Å²) in [6, 6.07) is 1.76. The van der Waals surface area contributed by atoms with Crippen molar-refractivity contribution < 1.29 is 19.8 Å². The zero-order valence-electron chi connectivity index (χ0n) is 21.5. The molecule has 1 aromatic heterocycles. The van der Waals surface area contributed by atoms with E-state index in [1.54, 1.807) is 19.9 Å². The summed E-state index contributed by atoms with van der Waals surface area (Å²) in [5, 5.41) is 21.3. The first-order valence-corrected chi connectivity index (χ1v) is 13.4. The van der Waals surface area contributed by atoms with Crippen LogP contribution in [-0.4, -0.2) is 63.3 Å². The molecule has 8 heteroatoms. The summed E-state index contributed by atoms with van der Waals surface area (Å²) in [4.78, 5) is 41.5. The summed E-state index contributed by atoms with van der Waals surface area (Å²) in [5.41, 5.74) is 0.697. The molecule has 1 heterocycles. The normalized spacial score (nSPS) is 17.3. The van der Waals surface area contributed by atoms with E-state index in [-0.39, 0.29) is 37.4 Å². The molecule has 35 heavy (non-hydrogen) atoms. The summed E-state index contributed by atoms with van der Waals surface area (Å²) < 4.78 is 1.88. The van der Waals surface area contributed by atoms with Gasteiger partial charge in [0.2, 0.25) is 5.91 Å². The Balaban J connectivity index is 1.93. The van der Waals surface area contributed by atoms with E-state index in [0.29, 0.717) is 12.5 Å². The number of nitrogens with one attached hydrogen (secondary N) is 1. The van der Waals surface area contributed by atoms with Crippen molar-refractivity contribution in [2.24, 2.45) is 5.92 Å². The first-order chi connectivity index (χ1) is 16.8. The lowest BCUT2D eigenvalue weighted by molar-refractivity contribution is -0.137. The molecular weight excluding hydrogens is 446 g/mol. The Morgan fingerprint density at radius 2 is 1.60 bits per heavy atom. The van der Waals surface area contributed by atoms with Crippen molar-refractivity contribution in [3.63, 3.8) is 0 Å². The van der Waals surface area contributed by atoms with Crippen LogP contribution in [0.5, 0.6) is 0 Å². The summed E-state index contributed by atoms with van der Waals surface area (Å²) in [6.07, 6.45) is 12.0. The van der Waals surface area contributed by atoms with Crippen molar-refractivity contribution in [2.45, 2.75) is 96.6 Å². The van der Waals surface area contributed by atoms with Gasteiger partial charge in [-0.05, 0) is 69.9 Å². The number of rotatable bonds is 9. The molecular formula is C27H43N3O5. The van der Waals surface area contributed by atoms with E-state index in [4.69, 9.17) is 0 Å². The van der Waals surface area contributed by atoms with Gasteiger partial charge in [0.25, 0.3) is 11.5 Å². The summed E-state index contributed by atoms with van der Waals surface area (Å²) in [6.45, 7) is 3.47. The topological polar surface area (TPSA) is 112 Å². The lowest BCUT2D eigenvalue weighted by Crippen LogP contribution is -2.57. The van der Waals surface area contributed by atoms with Crippen LogP contribution in [0.1, 0.15) is 93.3 Å². The number of amides is 2. The van der Waals surface area contributed by atoms with Gasteiger partial charge in [-0.15, -0.1) is 0 Å². The van der Waals surface area contributed by atoms with E-state index >= 15 is 0 Å². The largest absolute Gasteiger partial charge is 0.395 e. The highest BCUT2D eigenvalue weighted by Crippen LogP contribution is 2.27. The van der Waals surface area contributed by atoms with Gasteiger partial charge in [0.1, 0.15) is 11.1 Å². The molecule has 196 valence electrons. The van der Waals surface area contributed by atoms with Crippen LogP contribution in [0.3, 0.4) is 0 Å². The SMILES string of the molecule is CC(C)(NC(=O)c1cc2c(n(CC3CCCCC3)c1=O)CCCCCC2)C(=O)N(CCO)CCO. The van der Waals surface area contributed by atoms with Crippen LogP contribution in [0.4, 0.5) is 0 Å². The van der Waals surface area contributed by atoms with Crippen LogP contribution in [0.15, 0.2) is 10.9 Å². The van der Waals surface area contributed by atoms with Crippen LogP contribution in [-0.2, 0) is 24.2 Å². The summed E-state index contributed by atoms with van der Waals surface area (Å²) in [7, 11) is 0. The Morgan fingerprint density at radius 3 is 2.23 bits per heavy atom. The Morgan fingerprint density at radius 1 is 1.00 bits per heavy atom. The van der Waals surface area contributed by atoms with Crippen molar-refractivity contribution in [2.75, 3.05) is 26.3 Å². The van der Waals surface area contributed by atoms with E-state index in [2.05, 4.69) is 5.32 Å². The summed E-state index contributed by atoms with van der Waals surface area (Å²) >= 11 is 0. The Kier molecular flexibility index (Phi) is 9.92. The molecule has 0 aromatic carbocycles. The minimum atomic E-state index is -1.30. The molecule has 1 saturated carbocycles. The minimum Gasteiger partial charge on any atom is -0.395 e. The number of carbonyl (C=O) groups is 2. The molecule has 0 unspecified atom stereocenters. The van der Waals surface area contributed by atoms with Crippen LogP contribution < -0.4 is 10.9 Å². The maximum absolute atomic E-state index is 13.7. The van der Waals surface area contributed by atoms with Gasteiger partial charge in [0.15, 0.2) is 0 Å². The van der Waals surface area contributed by atoms with E-state index < -0.39 is 17.4 Å². The highest BCUT2D eigenvalue weighted by Gasteiger charge is 2.34. The van der Waals surface area contributed by atoms with Crippen LogP contribution in [0.25, 0.3) is 0 Å². The second kappa shape index (κ2) is 12.7. The Labute approximate surface area is 208 Å². The molecule has 2 aliphatic rings. The predicted molar refractivity (Wildman–Crippen MR) is 135 cm³/mol. The zero-order chi connectivity index (χ0) is 25.4. The molecule has 3 N–H and O–H groups in total. The molecule has 1 fully saturated rings. The van der Waals surface area contributed by atoms with E-state index in [1.807, 2.05) is 4.57 Å². The number of aliphatic hydroxyl groups excluding tert-OH is 2. The molecule has 3 rings (SSSR count). The van der Waals surface area contributed by atoms with Gasteiger partial charge in [-0.1, -0.05) is 32.1 Å². The van der Waals surface area contributed by atoms with E-state index in [1.165, 1.54) is 24.2 Å². The van der Waals surface area contributed by atoms with E-state index in [9.17, 15) is 24.6 Å². The number of aryl methyl sites for hydroxylation is 1. The maximum atomic E-state index is 13.7. The molecule has 2 aliphatic carbocycles. The number of aromatic nitrogens is 1. The van der Waals surface area contributed by atoms with Crippen molar-refractivity contribution in [3.05, 3.63) is 33.2 Å². The molecule has 0 bridgehead atoms. The smallest absolute Gasteiger partial charge is 0.263 e. The van der Waals surface area contributed by atoms with Crippen molar-refractivity contribution in [1.29, 1.82) is 0 Å². The number of hydrogen-bond donors (Lipinski definition) is 3. The van der Waals surface area contributed by atoms with Crippen LogP contribution >= 0.6 is 0 Å². The highest BCUT2D eigenvalue weighted by molar-refractivity contribution is 5.98. The van der Waals surface area contributed by atoms with Crippen molar-refractivity contribution in [3.8, 4) is 0 Å². The van der Waals surface area contributed by atoms with Gasteiger partial charge in [0, 0.05) is 25.3 Å². The third kappa shape index (κ3) is 6.94. The Hall–Kier alpha value is -2.19. The second-order valence-corrected chi connectivity index (χ2v) is 10.7.